The molecule has 19 heavy (non-hydrogen) atoms. The fourth-order valence-corrected chi connectivity index (χ4v) is 2.08. The van der Waals surface area contributed by atoms with Crippen LogP contribution in [0.4, 0.5) is 5.69 Å². The van der Waals surface area contributed by atoms with Crippen molar-refractivity contribution in [1.82, 2.24) is 9.78 Å². The fourth-order valence-electron chi connectivity index (χ4n) is 1.89. The minimum atomic E-state index is -0.119. The van der Waals surface area contributed by atoms with E-state index in [1.165, 1.54) is 17.5 Å². The molecule has 6 heteroatoms. The molecule has 1 aromatic heterocycles. The van der Waals surface area contributed by atoms with E-state index in [2.05, 4.69) is 10.4 Å². The lowest BCUT2D eigenvalue weighted by Crippen LogP contribution is -2.27. The van der Waals surface area contributed by atoms with Crippen molar-refractivity contribution in [3.8, 4) is 0 Å². The molecular weight excluding hydrogens is 266 g/mol. The number of halogens is 1. The van der Waals surface area contributed by atoms with Gasteiger partial charge in [0.25, 0.3) is 5.56 Å². The molecule has 1 aliphatic rings. The second kappa shape index (κ2) is 6.91. The molecule has 1 N–H and O–H groups in total. The van der Waals surface area contributed by atoms with Crippen LogP contribution in [0, 0.1) is 5.92 Å². The van der Waals surface area contributed by atoms with Gasteiger partial charge >= 0.3 is 0 Å². The standard InChI is InChI=1S/C13H20ClN3O2/c1-19-7-3-2-6-15-12-11(14)8-16-17(13(12)18)9-10-4-5-10/h8,10,15H,2-7,9H2,1H3. The van der Waals surface area contributed by atoms with Crippen molar-refractivity contribution < 1.29 is 4.74 Å². The van der Waals surface area contributed by atoms with E-state index in [0.717, 1.165) is 19.4 Å². The maximum absolute atomic E-state index is 12.2. The average Bonchev–Trinajstić information content (AvgIpc) is 3.20. The quantitative estimate of drug-likeness (QED) is 0.744. The predicted octanol–water partition coefficient (Wildman–Crippen LogP) is 2.15. The second-order valence-corrected chi connectivity index (χ2v) is 5.33. The number of nitrogens with zero attached hydrogens (tertiary/aromatic N) is 2. The van der Waals surface area contributed by atoms with Gasteiger partial charge in [-0.3, -0.25) is 4.79 Å². The summed E-state index contributed by atoms with van der Waals surface area (Å²) in [7, 11) is 1.68. The van der Waals surface area contributed by atoms with Gasteiger partial charge in [0.2, 0.25) is 0 Å². The van der Waals surface area contributed by atoms with Gasteiger partial charge in [-0.15, -0.1) is 0 Å². The smallest absolute Gasteiger partial charge is 0.291 e. The highest BCUT2D eigenvalue weighted by Gasteiger charge is 2.23. The van der Waals surface area contributed by atoms with Gasteiger partial charge in [0.05, 0.1) is 11.2 Å². The largest absolute Gasteiger partial charge is 0.385 e. The predicted molar refractivity (Wildman–Crippen MR) is 75.8 cm³/mol. The molecule has 2 rings (SSSR count). The summed E-state index contributed by atoms with van der Waals surface area (Å²) >= 11 is 6.03. The number of nitrogens with one attached hydrogen (secondary N) is 1. The molecule has 106 valence electrons. The van der Waals surface area contributed by atoms with Crippen molar-refractivity contribution >= 4 is 17.3 Å². The molecule has 1 saturated carbocycles. The van der Waals surface area contributed by atoms with Gasteiger partial charge in [0.15, 0.2) is 0 Å². The molecule has 0 amide bonds. The fraction of sp³-hybridized carbons (Fsp3) is 0.692. The highest BCUT2D eigenvalue weighted by atomic mass is 35.5. The van der Waals surface area contributed by atoms with E-state index in [1.807, 2.05) is 0 Å². The monoisotopic (exact) mass is 285 g/mol. The molecule has 0 bridgehead atoms. The van der Waals surface area contributed by atoms with Gasteiger partial charge < -0.3 is 10.1 Å². The van der Waals surface area contributed by atoms with Crippen LogP contribution in [0.25, 0.3) is 0 Å². The number of unbranched alkanes of at least 4 members (excludes halogenated alkanes) is 1. The zero-order valence-electron chi connectivity index (χ0n) is 11.2. The van der Waals surface area contributed by atoms with E-state index in [-0.39, 0.29) is 5.56 Å². The summed E-state index contributed by atoms with van der Waals surface area (Å²) in [6.45, 7) is 2.15. The van der Waals surface area contributed by atoms with Crippen LogP contribution in [0.3, 0.4) is 0 Å². The first kappa shape index (κ1) is 14.3. The summed E-state index contributed by atoms with van der Waals surface area (Å²) in [6.07, 6.45) is 5.83. The zero-order valence-corrected chi connectivity index (χ0v) is 11.9. The van der Waals surface area contributed by atoms with Crippen LogP contribution in [0.15, 0.2) is 11.0 Å². The van der Waals surface area contributed by atoms with Crippen LogP contribution >= 0.6 is 11.6 Å². The molecule has 1 aliphatic carbocycles. The Bertz CT molecular complexity index is 471. The van der Waals surface area contributed by atoms with E-state index < -0.39 is 0 Å². The van der Waals surface area contributed by atoms with Crippen LogP contribution in [0.2, 0.25) is 5.02 Å². The molecule has 0 aliphatic heterocycles. The Labute approximate surface area is 117 Å². The SMILES string of the molecule is COCCCCNc1c(Cl)cnn(CC2CC2)c1=O. The number of rotatable bonds is 8. The molecule has 0 saturated heterocycles. The molecule has 5 nitrogen and oxygen atoms in total. The van der Waals surface area contributed by atoms with E-state index >= 15 is 0 Å². The molecule has 1 fully saturated rings. The number of aromatic nitrogens is 2. The van der Waals surface area contributed by atoms with Crippen LogP contribution in [-0.2, 0) is 11.3 Å². The first-order chi connectivity index (χ1) is 9.22. The zero-order chi connectivity index (χ0) is 13.7. The summed E-state index contributed by atoms with van der Waals surface area (Å²) in [5, 5.41) is 7.59. The number of methoxy groups -OCH3 is 1. The molecule has 1 heterocycles. The van der Waals surface area contributed by atoms with Crippen LogP contribution in [0.5, 0.6) is 0 Å². The van der Waals surface area contributed by atoms with E-state index in [1.54, 1.807) is 13.3 Å². The minimum absolute atomic E-state index is 0.119. The topological polar surface area (TPSA) is 56.1 Å². The Balaban J connectivity index is 1.95. The Morgan fingerprint density at radius 3 is 3.00 bits per heavy atom. The number of hydrogen-bond donors (Lipinski definition) is 1. The first-order valence-corrected chi connectivity index (χ1v) is 7.08. The number of anilines is 1. The third-order valence-electron chi connectivity index (χ3n) is 3.20. The lowest BCUT2D eigenvalue weighted by Gasteiger charge is -2.10. The Morgan fingerprint density at radius 1 is 1.53 bits per heavy atom. The summed E-state index contributed by atoms with van der Waals surface area (Å²) < 4.78 is 6.50. The van der Waals surface area contributed by atoms with Crippen molar-refractivity contribution in [2.75, 3.05) is 25.6 Å². The lowest BCUT2D eigenvalue weighted by molar-refractivity contribution is 0.194. The highest BCUT2D eigenvalue weighted by molar-refractivity contribution is 6.32. The number of ether oxygens (including phenoxy) is 1. The Kier molecular flexibility index (Phi) is 5.22. The summed E-state index contributed by atoms with van der Waals surface area (Å²) in [5.74, 6) is 0.612. The maximum Gasteiger partial charge on any atom is 0.291 e. The summed E-state index contributed by atoms with van der Waals surface area (Å²) in [4.78, 5) is 12.2. The summed E-state index contributed by atoms with van der Waals surface area (Å²) in [6, 6.07) is 0. The van der Waals surface area contributed by atoms with Crippen molar-refractivity contribution in [3.05, 3.63) is 21.6 Å². The van der Waals surface area contributed by atoms with Crippen molar-refractivity contribution in [3.63, 3.8) is 0 Å². The van der Waals surface area contributed by atoms with Gasteiger partial charge in [0, 0.05) is 26.8 Å². The summed E-state index contributed by atoms with van der Waals surface area (Å²) in [5.41, 5.74) is 0.348. The molecule has 0 unspecified atom stereocenters. The average molecular weight is 286 g/mol. The second-order valence-electron chi connectivity index (χ2n) is 4.92. The van der Waals surface area contributed by atoms with Crippen LogP contribution in [-0.4, -0.2) is 30.0 Å². The Morgan fingerprint density at radius 2 is 2.32 bits per heavy atom. The maximum atomic E-state index is 12.2. The minimum Gasteiger partial charge on any atom is -0.385 e. The third kappa shape index (κ3) is 4.21. The molecule has 0 radical (unpaired) electrons. The van der Waals surface area contributed by atoms with Gasteiger partial charge in [-0.2, -0.15) is 5.10 Å². The van der Waals surface area contributed by atoms with Gasteiger partial charge in [-0.25, -0.2) is 4.68 Å². The molecule has 0 aromatic carbocycles. The van der Waals surface area contributed by atoms with E-state index in [9.17, 15) is 4.79 Å². The van der Waals surface area contributed by atoms with E-state index in [0.29, 0.717) is 29.7 Å². The normalized spacial score (nSPS) is 14.6. The molecular formula is C13H20ClN3O2. The van der Waals surface area contributed by atoms with Crippen molar-refractivity contribution in [2.45, 2.75) is 32.2 Å². The van der Waals surface area contributed by atoms with E-state index in [4.69, 9.17) is 16.3 Å². The lowest BCUT2D eigenvalue weighted by atomic mass is 10.3. The Hall–Kier alpha value is -1.07. The van der Waals surface area contributed by atoms with Crippen molar-refractivity contribution in [2.24, 2.45) is 5.92 Å². The molecule has 0 spiro atoms. The molecule has 1 aromatic rings. The van der Waals surface area contributed by atoms with Gasteiger partial charge in [-0.05, 0) is 31.6 Å². The molecule has 0 atom stereocenters. The highest BCUT2D eigenvalue weighted by Crippen LogP contribution is 2.30. The first-order valence-electron chi connectivity index (χ1n) is 6.71. The van der Waals surface area contributed by atoms with Gasteiger partial charge in [0.1, 0.15) is 5.69 Å². The van der Waals surface area contributed by atoms with Crippen LogP contribution < -0.4 is 10.9 Å². The van der Waals surface area contributed by atoms with Crippen LogP contribution in [0.1, 0.15) is 25.7 Å². The van der Waals surface area contributed by atoms with Gasteiger partial charge in [-0.1, -0.05) is 11.6 Å². The van der Waals surface area contributed by atoms with Crippen molar-refractivity contribution in [1.29, 1.82) is 0 Å². The number of hydrogen-bond acceptors (Lipinski definition) is 4. The third-order valence-corrected chi connectivity index (χ3v) is 3.49.